The van der Waals surface area contributed by atoms with E-state index >= 15 is 0 Å². The van der Waals surface area contributed by atoms with Gasteiger partial charge >= 0.3 is 80.8 Å². The molecule has 0 bridgehead atoms. The second-order valence-corrected chi connectivity index (χ2v) is 2.01. The Morgan fingerprint density at radius 2 is 1.85 bits per heavy atom. The van der Waals surface area contributed by atoms with E-state index in [1.54, 1.807) is 0 Å². The van der Waals surface area contributed by atoms with E-state index in [2.05, 4.69) is 4.98 Å². The minimum atomic E-state index is -1.34. The van der Waals surface area contributed by atoms with E-state index in [0.29, 0.717) is 0 Å². The van der Waals surface area contributed by atoms with Gasteiger partial charge in [-0.25, -0.2) is 14.6 Å². The first-order chi connectivity index (χ1) is 5.63. The van der Waals surface area contributed by atoms with Gasteiger partial charge in [0, 0.05) is 6.20 Å². The topological polar surface area (TPSA) is 87.5 Å². The molecule has 0 fully saturated rings. The van der Waals surface area contributed by atoms with E-state index in [9.17, 15) is 9.59 Å². The number of pyridine rings is 1. The Hall–Kier alpha value is 0.142. The Morgan fingerprint density at radius 3 is 2.23 bits per heavy atom. The zero-order valence-electron chi connectivity index (χ0n) is 5.89. The molecule has 0 amide bonds. The SMILES string of the molecule is O=C(O)c1cccnc1C(=O)O.[CsH]. The molecule has 0 unspecified atom stereocenters. The van der Waals surface area contributed by atoms with E-state index in [1.165, 1.54) is 18.3 Å². The summed E-state index contributed by atoms with van der Waals surface area (Å²) in [4.78, 5) is 24.2. The first-order valence-electron chi connectivity index (χ1n) is 3.04. The molecule has 0 aromatic carbocycles. The molecule has 0 radical (unpaired) electrons. The summed E-state index contributed by atoms with van der Waals surface area (Å²) in [6, 6.07) is 2.56. The van der Waals surface area contributed by atoms with Crippen LogP contribution in [-0.4, -0.2) is 96.0 Å². The van der Waals surface area contributed by atoms with Crippen molar-refractivity contribution in [2.45, 2.75) is 0 Å². The van der Waals surface area contributed by atoms with Gasteiger partial charge in [0.1, 0.15) is 0 Å². The maximum absolute atomic E-state index is 10.4. The third kappa shape index (κ3) is 3.41. The van der Waals surface area contributed by atoms with Crippen LogP contribution in [-0.2, 0) is 0 Å². The zero-order valence-corrected chi connectivity index (χ0v) is 5.89. The van der Waals surface area contributed by atoms with Crippen LogP contribution in [0.3, 0.4) is 0 Å². The van der Waals surface area contributed by atoms with Crippen molar-refractivity contribution in [2.24, 2.45) is 0 Å². The summed E-state index contributed by atoms with van der Waals surface area (Å²) < 4.78 is 0. The molecule has 0 spiro atoms. The van der Waals surface area contributed by atoms with Crippen LogP contribution in [0.4, 0.5) is 0 Å². The fraction of sp³-hybridized carbons (Fsp3) is 0. The van der Waals surface area contributed by atoms with Gasteiger partial charge in [0.25, 0.3) is 0 Å². The van der Waals surface area contributed by atoms with E-state index in [-0.39, 0.29) is 74.5 Å². The van der Waals surface area contributed by atoms with Crippen molar-refractivity contribution in [1.29, 1.82) is 0 Å². The number of aromatic carboxylic acids is 2. The molecule has 13 heavy (non-hydrogen) atoms. The van der Waals surface area contributed by atoms with Crippen LogP contribution in [0.2, 0.25) is 0 Å². The molecule has 1 aromatic heterocycles. The molecule has 0 aliphatic rings. The molecule has 1 rings (SSSR count). The van der Waals surface area contributed by atoms with E-state index < -0.39 is 17.6 Å². The maximum atomic E-state index is 10.4. The third-order valence-corrected chi connectivity index (χ3v) is 1.24. The van der Waals surface area contributed by atoms with Gasteiger partial charge in [-0.3, -0.25) is 0 Å². The van der Waals surface area contributed by atoms with E-state index in [0.717, 1.165) is 0 Å². The van der Waals surface area contributed by atoms with Gasteiger partial charge in [0.15, 0.2) is 5.69 Å². The van der Waals surface area contributed by atoms with Crippen LogP contribution >= 0.6 is 0 Å². The Labute approximate surface area is 133 Å². The van der Waals surface area contributed by atoms with Crippen LogP contribution in [0.5, 0.6) is 0 Å². The fourth-order valence-corrected chi connectivity index (χ4v) is 0.748. The Kier molecular flexibility index (Phi) is 5.85. The minimum absolute atomic E-state index is 0. The number of carbonyl (C=O) groups is 2. The second-order valence-electron chi connectivity index (χ2n) is 2.01. The third-order valence-electron chi connectivity index (χ3n) is 1.24. The summed E-state index contributed by atoms with van der Waals surface area (Å²) in [6.45, 7) is 0. The summed E-state index contributed by atoms with van der Waals surface area (Å²) in [5.41, 5.74) is -0.741. The van der Waals surface area contributed by atoms with Crippen LogP contribution in [0.25, 0.3) is 0 Å². The fourth-order valence-electron chi connectivity index (χ4n) is 0.748. The van der Waals surface area contributed by atoms with Crippen molar-refractivity contribution in [2.75, 3.05) is 0 Å². The second kappa shape index (κ2) is 5.78. The molecule has 0 saturated heterocycles. The first kappa shape index (κ1) is 13.1. The average Bonchev–Trinajstić information content (AvgIpc) is 2.04. The molecule has 1 aromatic rings. The number of carboxylic acids is 2. The van der Waals surface area contributed by atoms with Crippen LogP contribution in [0.1, 0.15) is 20.8 Å². The predicted molar refractivity (Wildman–Crippen MR) is 45.3 cm³/mol. The van der Waals surface area contributed by atoms with Gasteiger partial charge in [0.2, 0.25) is 0 Å². The van der Waals surface area contributed by atoms with E-state index in [4.69, 9.17) is 10.2 Å². The molecule has 0 aliphatic heterocycles. The Balaban J connectivity index is 0.00000144. The van der Waals surface area contributed by atoms with Crippen molar-refractivity contribution >= 4 is 80.8 Å². The number of rotatable bonds is 2. The van der Waals surface area contributed by atoms with Crippen LogP contribution < -0.4 is 0 Å². The number of aromatic nitrogens is 1. The van der Waals surface area contributed by atoms with E-state index in [1.807, 2.05) is 0 Å². The van der Waals surface area contributed by atoms with Gasteiger partial charge < -0.3 is 10.2 Å². The number of nitrogens with zero attached hydrogens (tertiary/aromatic N) is 1. The molecule has 5 nitrogen and oxygen atoms in total. The van der Waals surface area contributed by atoms with Crippen LogP contribution in [0.15, 0.2) is 18.3 Å². The molecule has 0 atom stereocenters. The Morgan fingerprint density at radius 1 is 1.23 bits per heavy atom. The monoisotopic (exact) mass is 301 g/mol. The van der Waals surface area contributed by atoms with Crippen molar-refractivity contribution in [3.8, 4) is 0 Å². The average molecular weight is 301 g/mol. The molecule has 6 heteroatoms. The van der Waals surface area contributed by atoms with Crippen molar-refractivity contribution < 1.29 is 19.8 Å². The summed E-state index contributed by atoms with van der Waals surface area (Å²) in [7, 11) is 0. The normalized spacial score (nSPS) is 8.62. The summed E-state index contributed by atoms with van der Waals surface area (Å²) in [5, 5.41) is 17.0. The number of hydrogen-bond acceptors (Lipinski definition) is 3. The van der Waals surface area contributed by atoms with Gasteiger partial charge in [0.05, 0.1) is 5.56 Å². The quantitative estimate of drug-likeness (QED) is 0.792. The summed E-state index contributed by atoms with van der Waals surface area (Å²) in [5.74, 6) is -2.63. The first-order valence-corrected chi connectivity index (χ1v) is 3.04. The zero-order chi connectivity index (χ0) is 9.14. The van der Waals surface area contributed by atoms with Crippen molar-refractivity contribution in [1.82, 2.24) is 4.98 Å². The standard InChI is InChI=1S/C7H5NO4.Cs.H/c9-6(10)4-2-1-3-8-5(4)7(11)12;;/h1-3H,(H,9,10)(H,11,12);;. The number of hydrogen-bond donors (Lipinski definition) is 2. The molecule has 0 saturated carbocycles. The molecule has 0 aliphatic carbocycles. The van der Waals surface area contributed by atoms with Gasteiger partial charge in [-0.05, 0) is 12.1 Å². The molecule has 2 N–H and O–H groups in total. The molecule has 64 valence electrons. The molecular weight excluding hydrogens is 295 g/mol. The summed E-state index contributed by atoms with van der Waals surface area (Å²) in [6.07, 6.45) is 1.23. The molecular formula is C7H6CsNO4. The van der Waals surface area contributed by atoms with Gasteiger partial charge in [-0.15, -0.1) is 0 Å². The predicted octanol–water partition coefficient (Wildman–Crippen LogP) is -0.171. The number of carboxylic acid groups (broad SMARTS) is 2. The van der Waals surface area contributed by atoms with Crippen LogP contribution in [0, 0.1) is 0 Å². The van der Waals surface area contributed by atoms with Gasteiger partial charge in [-0.1, -0.05) is 0 Å². The van der Waals surface area contributed by atoms with Gasteiger partial charge in [-0.2, -0.15) is 0 Å². The van der Waals surface area contributed by atoms with Crippen molar-refractivity contribution in [3.63, 3.8) is 0 Å². The van der Waals surface area contributed by atoms with Crippen molar-refractivity contribution in [3.05, 3.63) is 29.6 Å². The summed E-state index contributed by atoms with van der Waals surface area (Å²) >= 11 is 0. The molecule has 1 heterocycles. The Bertz CT molecular complexity index is 306.